The van der Waals surface area contributed by atoms with E-state index in [9.17, 15) is 0 Å². The van der Waals surface area contributed by atoms with Gasteiger partial charge in [-0.15, -0.1) is 0 Å². The Hall–Kier alpha value is -0.900. The maximum Gasteiger partial charge on any atom is 0.177 e. The fourth-order valence-corrected chi connectivity index (χ4v) is 1.95. The second-order valence-corrected chi connectivity index (χ2v) is 4.77. The van der Waals surface area contributed by atoms with E-state index in [0.29, 0.717) is 0 Å². The normalized spacial score (nSPS) is 16.4. The summed E-state index contributed by atoms with van der Waals surface area (Å²) < 4.78 is 0.992. The Morgan fingerprint density at radius 1 is 1.50 bits per heavy atom. The van der Waals surface area contributed by atoms with Gasteiger partial charge in [-0.05, 0) is 40.8 Å². The molecule has 1 aliphatic carbocycles. The fraction of sp³-hybridized carbons (Fsp3) is 0.400. The van der Waals surface area contributed by atoms with E-state index in [4.69, 9.17) is 0 Å². The van der Waals surface area contributed by atoms with Crippen LogP contribution < -0.4 is 0 Å². The predicted molar refractivity (Wildman–Crippen MR) is 58.0 cm³/mol. The Labute approximate surface area is 90.1 Å². The molecule has 0 aliphatic heterocycles. The van der Waals surface area contributed by atoms with E-state index in [-0.39, 0.29) is 0 Å². The van der Waals surface area contributed by atoms with Crippen LogP contribution in [0.25, 0.3) is 11.2 Å². The van der Waals surface area contributed by atoms with Gasteiger partial charge in [0.25, 0.3) is 0 Å². The van der Waals surface area contributed by atoms with E-state index in [2.05, 4.69) is 30.9 Å². The average molecular weight is 252 g/mol. The van der Waals surface area contributed by atoms with E-state index < -0.39 is 0 Å². The van der Waals surface area contributed by atoms with Gasteiger partial charge in [-0.2, -0.15) is 0 Å². The molecule has 1 saturated carbocycles. The molecule has 0 bridgehead atoms. The minimum Gasteiger partial charge on any atom is -0.341 e. The lowest BCUT2D eigenvalue weighted by Crippen LogP contribution is -1.88. The van der Waals surface area contributed by atoms with Crippen LogP contribution in [0.15, 0.2) is 16.7 Å². The molecule has 2 aromatic heterocycles. The summed E-state index contributed by atoms with van der Waals surface area (Å²) in [6, 6.07) is 2.02. The number of hydrogen-bond donors (Lipinski definition) is 1. The lowest BCUT2D eigenvalue weighted by molar-refractivity contribution is 0.787. The Balaban J connectivity index is 2.01. The summed E-state index contributed by atoms with van der Waals surface area (Å²) in [6.45, 7) is 0. The van der Waals surface area contributed by atoms with Crippen molar-refractivity contribution in [2.24, 2.45) is 5.92 Å². The minimum absolute atomic E-state index is 0.823. The summed E-state index contributed by atoms with van der Waals surface area (Å²) in [6.07, 6.45) is 5.57. The van der Waals surface area contributed by atoms with Crippen LogP contribution in [0.2, 0.25) is 0 Å². The van der Waals surface area contributed by atoms with Crippen LogP contribution in [0.3, 0.4) is 0 Å². The number of halogens is 1. The van der Waals surface area contributed by atoms with Gasteiger partial charge in [0.15, 0.2) is 5.65 Å². The van der Waals surface area contributed by atoms with Crippen molar-refractivity contribution in [3.8, 4) is 0 Å². The Morgan fingerprint density at radius 3 is 3.14 bits per heavy atom. The van der Waals surface area contributed by atoms with Gasteiger partial charge in [0, 0.05) is 17.1 Å². The van der Waals surface area contributed by atoms with Crippen molar-refractivity contribution < 1.29 is 0 Å². The first-order valence-electron chi connectivity index (χ1n) is 4.81. The van der Waals surface area contributed by atoms with Gasteiger partial charge in [0.1, 0.15) is 5.82 Å². The number of rotatable bonds is 2. The molecule has 1 N–H and O–H groups in total. The van der Waals surface area contributed by atoms with Gasteiger partial charge < -0.3 is 4.98 Å². The van der Waals surface area contributed by atoms with Gasteiger partial charge in [-0.1, -0.05) is 0 Å². The van der Waals surface area contributed by atoms with Gasteiger partial charge in [-0.25, -0.2) is 9.97 Å². The predicted octanol–water partition coefficient (Wildman–Crippen LogP) is 2.67. The third-order valence-corrected chi connectivity index (χ3v) is 2.97. The van der Waals surface area contributed by atoms with Crippen LogP contribution in [0, 0.1) is 5.92 Å². The molecule has 3 nitrogen and oxygen atoms in total. The SMILES string of the molecule is Brc1cnc2nc(CC3CC3)[nH]c2c1. The van der Waals surface area contributed by atoms with E-state index in [0.717, 1.165) is 33.8 Å². The maximum atomic E-state index is 4.45. The molecule has 1 aliphatic rings. The largest absolute Gasteiger partial charge is 0.341 e. The molecular formula is C10H10BrN3. The number of fused-ring (bicyclic) bond motifs is 1. The summed E-state index contributed by atoms with van der Waals surface area (Å²) in [7, 11) is 0. The number of nitrogens with zero attached hydrogens (tertiary/aromatic N) is 2. The Bertz CT molecular complexity index is 473. The fourth-order valence-electron chi connectivity index (χ4n) is 1.62. The number of hydrogen-bond acceptors (Lipinski definition) is 2. The first kappa shape index (κ1) is 8.41. The Morgan fingerprint density at radius 2 is 2.36 bits per heavy atom. The number of H-pyrrole nitrogens is 1. The van der Waals surface area contributed by atoms with Crippen molar-refractivity contribution in [1.82, 2.24) is 15.0 Å². The molecule has 0 atom stereocenters. The van der Waals surface area contributed by atoms with Crippen molar-refractivity contribution in [3.63, 3.8) is 0 Å². The molecular weight excluding hydrogens is 242 g/mol. The third-order valence-electron chi connectivity index (χ3n) is 2.53. The highest BCUT2D eigenvalue weighted by molar-refractivity contribution is 9.10. The van der Waals surface area contributed by atoms with E-state index in [1.807, 2.05) is 6.07 Å². The quantitative estimate of drug-likeness (QED) is 0.892. The molecule has 0 amide bonds. The smallest absolute Gasteiger partial charge is 0.177 e. The average Bonchev–Trinajstić information content (AvgIpc) is 2.84. The van der Waals surface area contributed by atoms with E-state index in [1.165, 1.54) is 12.8 Å². The molecule has 0 aromatic carbocycles. The summed E-state index contributed by atoms with van der Waals surface area (Å²) in [5.41, 5.74) is 1.85. The second kappa shape index (κ2) is 3.05. The summed E-state index contributed by atoms with van der Waals surface area (Å²) in [4.78, 5) is 12.0. The van der Waals surface area contributed by atoms with Crippen LogP contribution in [-0.4, -0.2) is 15.0 Å². The molecule has 72 valence electrons. The van der Waals surface area contributed by atoms with E-state index >= 15 is 0 Å². The Kier molecular flexibility index (Phi) is 1.83. The summed E-state index contributed by atoms with van der Waals surface area (Å²) in [5.74, 6) is 1.94. The molecule has 0 unspecified atom stereocenters. The van der Waals surface area contributed by atoms with Crippen LogP contribution in [-0.2, 0) is 6.42 Å². The summed E-state index contributed by atoms with van der Waals surface area (Å²) >= 11 is 3.39. The zero-order valence-electron chi connectivity index (χ0n) is 7.63. The topological polar surface area (TPSA) is 41.6 Å². The zero-order valence-corrected chi connectivity index (χ0v) is 9.21. The lowest BCUT2D eigenvalue weighted by atomic mass is 10.3. The zero-order chi connectivity index (χ0) is 9.54. The highest BCUT2D eigenvalue weighted by Crippen LogP contribution is 2.32. The molecule has 14 heavy (non-hydrogen) atoms. The van der Waals surface area contributed by atoms with Crippen molar-refractivity contribution in [3.05, 3.63) is 22.6 Å². The van der Waals surface area contributed by atoms with Crippen LogP contribution >= 0.6 is 15.9 Å². The molecule has 4 heteroatoms. The second-order valence-electron chi connectivity index (χ2n) is 3.86. The molecule has 3 rings (SSSR count). The molecule has 1 fully saturated rings. The first-order chi connectivity index (χ1) is 6.81. The summed E-state index contributed by atoms with van der Waals surface area (Å²) in [5, 5.41) is 0. The third kappa shape index (κ3) is 1.54. The number of aromatic nitrogens is 3. The van der Waals surface area contributed by atoms with Crippen LogP contribution in [0.5, 0.6) is 0 Å². The van der Waals surface area contributed by atoms with Gasteiger partial charge in [0.2, 0.25) is 0 Å². The van der Waals surface area contributed by atoms with Crippen LogP contribution in [0.1, 0.15) is 18.7 Å². The van der Waals surface area contributed by atoms with Gasteiger partial charge in [0.05, 0.1) is 5.52 Å². The van der Waals surface area contributed by atoms with Crippen molar-refractivity contribution in [1.29, 1.82) is 0 Å². The number of aromatic amines is 1. The van der Waals surface area contributed by atoms with Crippen molar-refractivity contribution in [2.45, 2.75) is 19.3 Å². The van der Waals surface area contributed by atoms with Gasteiger partial charge in [-0.3, -0.25) is 0 Å². The molecule has 0 radical (unpaired) electrons. The monoisotopic (exact) mass is 251 g/mol. The van der Waals surface area contributed by atoms with Gasteiger partial charge >= 0.3 is 0 Å². The molecule has 2 aromatic rings. The molecule has 0 spiro atoms. The van der Waals surface area contributed by atoms with Crippen molar-refractivity contribution in [2.75, 3.05) is 0 Å². The van der Waals surface area contributed by atoms with Crippen molar-refractivity contribution >= 4 is 27.1 Å². The minimum atomic E-state index is 0.823. The molecule has 2 heterocycles. The number of imidazole rings is 1. The molecule has 0 saturated heterocycles. The van der Waals surface area contributed by atoms with E-state index in [1.54, 1.807) is 6.20 Å². The highest BCUT2D eigenvalue weighted by Gasteiger charge is 2.23. The first-order valence-corrected chi connectivity index (χ1v) is 5.61. The number of pyridine rings is 1. The number of nitrogens with one attached hydrogen (secondary N) is 1. The standard InChI is InChI=1S/C10H10BrN3/c11-7-4-8-10(12-5-7)14-9(13-8)3-6-1-2-6/h4-6H,1-3H2,(H,12,13,14). The maximum absolute atomic E-state index is 4.45. The highest BCUT2D eigenvalue weighted by atomic mass is 79.9. The lowest BCUT2D eigenvalue weighted by Gasteiger charge is -1.89. The van der Waals surface area contributed by atoms with Crippen LogP contribution in [0.4, 0.5) is 0 Å².